The Kier molecular flexibility index (Phi) is 5.15. The van der Waals surface area contributed by atoms with Crippen LogP contribution in [0.25, 0.3) is 0 Å². The molecule has 0 spiro atoms. The molecule has 1 aromatic rings. The van der Waals surface area contributed by atoms with Gasteiger partial charge in [0, 0.05) is 17.5 Å². The number of aromatic nitrogens is 1. The molecule has 1 N–H and O–H groups in total. The van der Waals surface area contributed by atoms with Gasteiger partial charge in [-0.05, 0) is 31.2 Å². The van der Waals surface area contributed by atoms with Gasteiger partial charge in [0.1, 0.15) is 5.69 Å². The topological polar surface area (TPSA) is 50.2 Å². The summed E-state index contributed by atoms with van der Waals surface area (Å²) in [5, 5.41) is 9.92. The quantitative estimate of drug-likeness (QED) is 0.625. The molecule has 1 atom stereocenters. The Labute approximate surface area is 107 Å². The van der Waals surface area contributed by atoms with Crippen molar-refractivity contribution in [2.24, 2.45) is 0 Å². The van der Waals surface area contributed by atoms with Gasteiger partial charge in [0.2, 0.25) is 0 Å². The summed E-state index contributed by atoms with van der Waals surface area (Å²) in [6, 6.07) is 3.72. The Bertz CT molecular complexity index is 391. The van der Waals surface area contributed by atoms with Crippen molar-refractivity contribution < 1.29 is 9.90 Å². The highest BCUT2D eigenvalue weighted by Crippen LogP contribution is 2.24. The van der Waals surface area contributed by atoms with E-state index < -0.39 is 5.60 Å². The van der Waals surface area contributed by atoms with E-state index in [0.717, 1.165) is 10.6 Å². The minimum absolute atomic E-state index is 0.0894. The average molecular weight is 253 g/mol. The van der Waals surface area contributed by atoms with Crippen molar-refractivity contribution >= 4 is 17.5 Å². The van der Waals surface area contributed by atoms with Gasteiger partial charge in [-0.3, -0.25) is 9.78 Å². The first-order chi connectivity index (χ1) is 8.00. The summed E-state index contributed by atoms with van der Waals surface area (Å²) in [6.45, 7) is 5.59. The van der Waals surface area contributed by atoms with E-state index in [2.05, 4.69) is 4.98 Å². The van der Waals surface area contributed by atoms with Crippen LogP contribution in [-0.4, -0.2) is 27.2 Å². The van der Waals surface area contributed by atoms with Crippen molar-refractivity contribution in [3.05, 3.63) is 24.0 Å². The molecule has 0 aliphatic carbocycles. The van der Waals surface area contributed by atoms with Crippen molar-refractivity contribution in [2.45, 2.75) is 44.1 Å². The number of ketones is 1. The molecule has 0 fully saturated rings. The first-order valence-corrected chi connectivity index (χ1v) is 6.82. The fourth-order valence-corrected chi connectivity index (χ4v) is 2.22. The summed E-state index contributed by atoms with van der Waals surface area (Å²) in [5.41, 5.74) is -0.462. The van der Waals surface area contributed by atoms with Crippen LogP contribution in [-0.2, 0) is 0 Å². The molecule has 0 radical (unpaired) electrons. The highest BCUT2D eigenvalue weighted by atomic mass is 32.2. The summed E-state index contributed by atoms with van der Waals surface area (Å²) >= 11 is 1.60. The number of carbonyl (C=O) groups excluding carboxylic acids is 1. The number of carbonyl (C=O) groups is 1. The van der Waals surface area contributed by atoms with E-state index in [1.165, 1.54) is 0 Å². The van der Waals surface area contributed by atoms with E-state index in [4.69, 9.17) is 0 Å². The summed E-state index contributed by atoms with van der Waals surface area (Å²) in [4.78, 5) is 17.1. The van der Waals surface area contributed by atoms with E-state index in [1.54, 1.807) is 24.9 Å². The Morgan fingerprint density at radius 2 is 2.24 bits per heavy atom. The molecule has 94 valence electrons. The lowest BCUT2D eigenvalue weighted by molar-refractivity contribution is 0.0424. The monoisotopic (exact) mass is 253 g/mol. The Morgan fingerprint density at radius 1 is 1.53 bits per heavy atom. The van der Waals surface area contributed by atoms with Gasteiger partial charge in [-0.15, -0.1) is 11.8 Å². The molecule has 1 rings (SSSR count). The fraction of sp³-hybridized carbons (Fsp3) is 0.538. The van der Waals surface area contributed by atoms with Gasteiger partial charge in [-0.2, -0.15) is 0 Å². The zero-order valence-corrected chi connectivity index (χ0v) is 11.4. The van der Waals surface area contributed by atoms with E-state index in [0.29, 0.717) is 12.1 Å². The van der Waals surface area contributed by atoms with Crippen LogP contribution in [0.4, 0.5) is 0 Å². The van der Waals surface area contributed by atoms with Gasteiger partial charge in [-0.25, -0.2) is 0 Å². The van der Waals surface area contributed by atoms with Gasteiger partial charge < -0.3 is 5.11 Å². The van der Waals surface area contributed by atoms with Crippen LogP contribution in [0, 0.1) is 0 Å². The number of nitrogens with zero attached hydrogens (tertiary/aromatic N) is 1. The normalized spacial score (nSPS) is 14.4. The second kappa shape index (κ2) is 6.17. The van der Waals surface area contributed by atoms with E-state index >= 15 is 0 Å². The summed E-state index contributed by atoms with van der Waals surface area (Å²) in [6.07, 6.45) is 2.30. The molecular formula is C13H19NO2S. The predicted octanol–water partition coefficient (Wildman–Crippen LogP) is 2.93. The Balaban J connectivity index is 2.88. The number of pyridine rings is 1. The van der Waals surface area contributed by atoms with Crippen molar-refractivity contribution in [1.82, 2.24) is 4.98 Å². The third kappa shape index (κ3) is 4.13. The molecule has 0 saturated carbocycles. The molecular weight excluding hydrogens is 234 g/mol. The van der Waals surface area contributed by atoms with Gasteiger partial charge >= 0.3 is 0 Å². The standard InChI is InChI=1S/C13H19NO2S/c1-4-13(3,16)9-10(15)12-11(17-5-2)7-6-8-14-12/h6-8,16H,4-5,9H2,1-3H3. The predicted molar refractivity (Wildman–Crippen MR) is 70.5 cm³/mol. The van der Waals surface area contributed by atoms with E-state index in [-0.39, 0.29) is 12.2 Å². The highest BCUT2D eigenvalue weighted by Gasteiger charge is 2.24. The first kappa shape index (κ1) is 14.2. The van der Waals surface area contributed by atoms with Crippen molar-refractivity contribution in [3.8, 4) is 0 Å². The summed E-state index contributed by atoms with van der Waals surface area (Å²) < 4.78 is 0. The zero-order chi connectivity index (χ0) is 12.9. The molecule has 0 amide bonds. The zero-order valence-electron chi connectivity index (χ0n) is 10.6. The third-order valence-corrected chi connectivity index (χ3v) is 3.57. The minimum Gasteiger partial charge on any atom is -0.390 e. The highest BCUT2D eigenvalue weighted by molar-refractivity contribution is 7.99. The molecule has 17 heavy (non-hydrogen) atoms. The Morgan fingerprint density at radius 3 is 2.82 bits per heavy atom. The molecule has 0 bridgehead atoms. The summed E-state index contributed by atoms with van der Waals surface area (Å²) in [5.74, 6) is 0.810. The number of thioether (sulfide) groups is 1. The molecule has 0 aliphatic rings. The van der Waals surface area contributed by atoms with E-state index in [9.17, 15) is 9.90 Å². The largest absolute Gasteiger partial charge is 0.390 e. The number of Topliss-reactive ketones (excluding diaryl/α,β-unsaturated/α-hetero) is 1. The first-order valence-electron chi connectivity index (χ1n) is 5.83. The smallest absolute Gasteiger partial charge is 0.185 e. The maximum atomic E-state index is 12.1. The molecule has 4 heteroatoms. The summed E-state index contributed by atoms with van der Waals surface area (Å²) in [7, 11) is 0. The third-order valence-electron chi connectivity index (χ3n) is 2.64. The molecule has 0 aromatic carbocycles. The molecule has 1 unspecified atom stereocenters. The lowest BCUT2D eigenvalue weighted by Gasteiger charge is -2.20. The molecule has 0 aliphatic heterocycles. The molecule has 3 nitrogen and oxygen atoms in total. The van der Waals surface area contributed by atoms with Gasteiger partial charge in [0.25, 0.3) is 0 Å². The van der Waals surface area contributed by atoms with Crippen molar-refractivity contribution in [2.75, 3.05) is 5.75 Å². The maximum Gasteiger partial charge on any atom is 0.185 e. The SMILES string of the molecule is CCSc1cccnc1C(=O)CC(C)(O)CC. The van der Waals surface area contributed by atoms with Crippen LogP contribution in [0.5, 0.6) is 0 Å². The molecule has 1 heterocycles. The van der Waals surface area contributed by atoms with Crippen LogP contribution in [0.1, 0.15) is 44.1 Å². The van der Waals surface area contributed by atoms with E-state index in [1.807, 2.05) is 26.0 Å². The van der Waals surface area contributed by atoms with Crippen LogP contribution < -0.4 is 0 Å². The lowest BCUT2D eigenvalue weighted by atomic mass is 9.95. The van der Waals surface area contributed by atoms with Gasteiger partial charge in [-0.1, -0.05) is 13.8 Å². The Hall–Kier alpha value is -0.870. The minimum atomic E-state index is -0.942. The number of hydrogen-bond acceptors (Lipinski definition) is 4. The fourth-order valence-electron chi connectivity index (χ4n) is 1.43. The maximum absolute atomic E-state index is 12.1. The number of rotatable bonds is 6. The van der Waals surface area contributed by atoms with Gasteiger partial charge in [0.15, 0.2) is 5.78 Å². The van der Waals surface area contributed by atoms with Crippen LogP contribution >= 0.6 is 11.8 Å². The van der Waals surface area contributed by atoms with Crippen LogP contribution in [0.15, 0.2) is 23.2 Å². The molecule has 0 saturated heterocycles. The average Bonchev–Trinajstić information content (AvgIpc) is 2.29. The van der Waals surface area contributed by atoms with Gasteiger partial charge in [0.05, 0.1) is 5.60 Å². The number of aliphatic hydroxyl groups is 1. The van der Waals surface area contributed by atoms with Crippen LogP contribution in [0.3, 0.4) is 0 Å². The second-order valence-electron chi connectivity index (χ2n) is 4.23. The molecule has 1 aromatic heterocycles. The number of hydrogen-bond donors (Lipinski definition) is 1. The van der Waals surface area contributed by atoms with Crippen molar-refractivity contribution in [1.29, 1.82) is 0 Å². The van der Waals surface area contributed by atoms with Crippen LogP contribution in [0.2, 0.25) is 0 Å². The lowest BCUT2D eigenvalue weighted by Crippen LogP contribution is -2.27. The van der Waals surface area contributed by atoms with Crippen molar-refractivity contribution in [3.63, 3.8) is 0 Å². The second-order valence-corrected chi connectivity index (χ2v) is 5.54.